The van der Waals surface area contributed by atoms with Crippen LogP contribution in [-0.4, -0.2) is 20.9 Å². The third kappa shape index (κ3) is 5.57. The highest BCUT2D eigenvalue weighted by molar-refractivity contribution is 9.10. The number of aromatic nitrogens is 3. The first-order valence-corrected chi connectivity index (χ1v) is 12.7. The first-order chi connectivity index (χ1) is 17.9. The fourth-order valence-corrected chi connectivity index (χ4v) is 4.98. The lowest BCUT2D eigenvalue weighted by atomic mass is 10.1. The zero-order chi connectivity index (χ0) is 25.9. The number of anilines is 2. The Kier molecular flexibility index (Phi) is 7.06. The van der Waals surface area contributed by atoms with Gasteiger partial charge in [-0.2, -0.15) is 0 Å². The second-order valence-corrected chi connectivity index (χ2v) is 10.2. The fraction of sp³-hybridized carbons (Fsp3) is 0.0769. The lowest BCUT2D eigenvalue weighted by Gasteiger charge is -2.12. The number of carbonyl (C=O) groups excluding carboxylic acids is 1. The number of carbonyl (C=O) groups is 1. The quantitative estimate of drug-likeness (QED) is 0.221. The Bertz CT molecular complexity index is 1630. The summed E-state index contributed by atoms with van der Waals surface area (Å²) in [5, 5.41) is 6.75. The van der Waals surface area contributed by atoms with E-state index in [1.807, 2.05) is 30.3 Å². The van der Waals surface area contributed by atoms with Crippen LogP contribution in [-0.2, 0) is 13.1 Å². The summed E-state index contributed by atoms with van der Waals surface area (Å²) in [6, 6.07) is 15.1. The predicted molar refractivity (Wildman–Crippen MR) is 144 cm³/mol. The molecule has 0 saturated carbocycles. The molecule has 186 valence electrons. The SMILES string of the molecule is Nc1ncnc2ccc(-c3ccc(CNc4ncc(Br)cc4C(=O)NCc4ccc(F)c(F)c4)s3)cc12. The molecule has 11 heteroatoms. The van der Waals surface area contributed by atoms with Gasteiger partial charge in [-0.15, -0.1) is 11.3 Å². The molecule has 3 heterocycles. The van der Waals surface area contributed by atoms with Gasteiger partial charge in [-0.05, 0) is 69.5 Å². The van der Waals surface area contributed by atoms with Crippen LogP contribution in [0.2, 0.25) is 0 Å². The van der Waals surface area contributed by atoms with Crippen LogP contribution in [0.4, 0.5) is 20.4 Å². The highest BCUT2D eigenvalue weighted by Crippen LogP contribution is 2.31. The molecule has 4 N–H and O–H groups in total. The van der Waals surface area contributed by atoms with Crippen molar-refractivity contribution < 1.29 is 13.6 Å². The van der Waals surface area contributed by atoms with E-state index in [2.05, 4.69) is 41.5 Å². The van der Waals surface area contributed by atoms with Crippen molar-refractivity contribution in [3.05, 3.63) is 99.2 Å². The Balaban J connectivity index is 1.29. The molecule has 0 unspecified atom stereocenters. The van der Waals surface area contributed by atoms with Crippen LogP contribution in [0.15, 0.2) is 71.6 Å². The van der Waals surface area contributed by atoms with Crippen molar-refractivity contribution >= 4 is 55.7 Å². The Hall–Kier alpha value is -3.96. The van der Waals surface area contributed by atoms with Crippen molar-refractivity contribution in [2.75, 3.05) is 11.1 Å². The van der Waals surface area contributed by atoms with Crippen molar-refractivity contribution in [3.63, 3.8) is 0 Å². The molecule has 0 fully saturated rings. The summed E-state index contributed by atoms with van der Waals surface area (Å²) in [6.45, 7) is 0.485. The zero-order valence-electron chi connectivity index (χ0n) is 19.1. The van der Waals surface area contributed by atoms with E-state index in [1.54, 1.807) is 23.6 Å². The van der Waals surface area contributed by atoms with Gasteiger partial charge in [0.1, 0.15) is 18.0 Å². The number of halogens is 3. The van der Waals surface area contributed by atoms with E-state index >= 15 is 0 Å². The maximum Gasteiger partial charge on any atom is 0.255 e. The number of amides is 1. The van der Waals surface area contributed by atoms with Gasteiger partial charge >= 0.3 is 0 Å². The highest BCUT2D eigenvalue weighted by atomic mass is 79.9. The number of rotatable bonds is 7. The third-order valence-corrected chi connectivity index (χ3v) is 7.15. The Morgan fingerprint density at radius 3 is 2.68 bits per heavy atom. The number of nitrogen functional groups attached to an aromatic ring is 1. The summed E-state index contributed by atoms with van der Waals surface area (Å²) in [7, 11) is 0. The number of hydrogen-bond donors (Lipinski definition) is 3. The van der Waals surface area contributed by atoms with Gasteiger partial charge < -0.3 is 16.4 Å². The molecule has 0 aliphatic rings. The Morgan fingerprint density at radius 2 is 1.84 bits per heavy atom. The van der Waals surface area contributed by atoms with E-state index in [9.17, 15) is 13.6 Å². The van der Waals surface area contributed by atoms with Gasteiger partial charge in [0, 0.05) is 32.4 Å². The van der Waals surface area contributed by atoms with Crippen LogP contribution >= 0.6 is 27.3 Å². The molecule has 0 radical (unpaired) electrons. The first kappa shape index (κ1) is 24.7. The van der Waals surface area contributed by atoms with Crippen LogP contribution in [0.25, 0.3) is 21.3 Å². The smallest absolute Gasteiger partial charge is 0.255 e. The zero-order valence-corrected chi connectivity index (χ0v) is 21.5. The van der Waals surface area contributed by atoms with Gasteiger partial charge in [-0.25, -0.2) is 23.7 Å². The maximum absolute atomic E-state index is 13.5. The number of nitrogens with two attached hydrogens (primary N) is 1. The number of thiophene rings is 1. The van der Waals surface area contributed by atoms with Gasteiger partial charge in [0.25, 0.3) is 5.91 Å². The van der Waals surface area contributed by atoms with Crippen molar-refractivity contribution in [2.24, 2.45) is 0 Å². The molecule has 0 spiro atoms. The van der Waals surface area contributed by atoms with Gasteiger partial charge in [-0.3, -0.25) is 4.79 Å². The molecular weight excluding hydrogens is 562 g/mol. The van der Waals surface area contributed by atoms with Crippen LogP contribution < -0.4 is 16.4 Å². The first-order valence-electron chi connectivity index (χ1n) is 11.1. The highest BCUT2D eigenvalue weighted by Gasteiger charge is 2.15. The Morgan fingerprint density at radius 1 is 0.973 bits per heavy atom. The maximum atomic E-state index is 13.5. The lowest BCUT2D eigenvalue weighted by molar-refractivity contribution is 0.0951. The molecule has 1 amide bonds. The molecule has 37 heavy (non-hydrogen) atoms. The summed E-state index contributed by atoms with van der Waals surface area (Å²) >= 11 is 4.95. The van der Waals surface area contributed by atoms with E-state index in [1.165, 1.54) is 12.4 Å². The fourth-order valence-electron chi connectivity index (χ4n) is 3.71. The van der Waals surface area contributed by atoms with Crippen molar-refractivity contribution in [2.45, 2.75) is 13.1 Å². The van der Waals surface area contributed by atoms with E-state index in [4.69, 9.17) is 5.73 Å². The van der Waals surface area contributed by atoms with Crippen LogP contribution in [0.1, 0.15) is 20.8 Å². The minimum Gasteiger partial charge on any atom is -0.383 e. The molecular formula is C26H19BrF2N6OS. The average Bonchev–Trinajstić information content (AvgIpc) is 3.37. The molecule has 5 rings (SSSR count). The largest absolute Gasteiger partial charge is 0.383 e. The average molecular weight is 581 g/mol. The van der Waals surface area contributed by atoms with Crippen molar-refractivity contribution in [3.8, 4) is 10.4 Å². The normalized spacial score (nSPS) is 11.0. The van der Waals surface area contributed by atoms with Gasteiger partial charge in [0.05, 0.1) is 17.6 Å². The molecule has 2 aromatic carbocycles. The Labute approximate surface area is 222 Å². The lowest BCUT2D eigenvalue weighted by Crippen LogP contribution is -2.24. The number of fused-ring (bicyclic) bond motifs is 1. The monoisotopic (exact) mass is 580 g/mol. The predicted octanol–water partition coefficient (Wildman–Crippen LogP) is 5.92. The second kappa shape index (κ2) is 10.6. The van der Waals surface area contributed by atoms with Gasteiger partial charge in [0.2, 0.25) is 0 Å². The van der Waals surface area contributed by atoms with Crippen LogP contribution in [0.5, 0.6) is 0 Å². The van der Waals surface area contributed by atoms with Crippen molar-refractivity contribution in [1.82, 2.24) is 20.3 Å². The minimum atomic E-state index is -0.964. The second-order valence-electron chi connectivity index (χ2n) is 8.09. The molecule has 5 aromatic rings. The van der Waals surface area contributed by atoms with Gasteiger partial charge in [0.15, 0.2) is 11.6 Å². The third-order valence-electron chi connectivity index (χ3n) is 5.58. The number of hydrogen-bond acceptors (Lipinski definition) is 7. The topological polar surface area (TPSA) is 106 Å². The van der Waals surface area contributed by atoms with E-state index in [0.717, 1.165) is 38.4 Å². The van der Waals surface area contributed by atoms with E-state index in [-0.39, 0.29) is 6.54 Å². The summed E-state index contributed by atoms with van der Waals surface area (Å²) in [6.07, 6.45) is 3.04. The molecule has 3 aromatic heterocycles. The van der Waals surface area contributed by atoms with Crippen molar-refractivity contribution in [1.29, 1.82) is 0 Å². The van der Waals surface area contributed by atoms with Gasteiger partial charge in [-0.1, -0.05) is 12.1 Å². The molecule has 0 aliphatic heterocycles. The number of nitrogens with zero attached hydrogens (tertiary/aromatic N) is 3. The molecule has 0 aliphatic carbocycles. The van der Waals surface area contributed by atoms with E-state index in [0.29, 0.717) is 33.8 Å². The van der Waals surface area contributed by atoms with E-state index < -0.39 is 17.5 Å². The number of benzene rings is 2. The molecule has 0 saturated heterocycles. The van der Waals surface area contributed by atoms with Crippen LogP contribution in [0, 0.1) is 11.6 Å². The number of pyridine rings is 1. The van der Waals surface area contributed by atoms with Crippen LogP contribution in [0.3, 0.4) is 0 Å². The summed E-state index contributed by atoms with van der Waals surface area (Å²) in [5.41, 5.74) is 8.55. The summed E-state index contributed by atoms with van der Waals surface area (Å²) in [5.74, 6) is -1.47. The molecule has 0 bridgehead atoms. The minimum absolute atomic E-state index is 0.0393. The standard InChI is InChI=1S/C26H19BrF2N6OS/c27-16-9-19(26(36)33-10-14-1-4-20(28)21(29)7-14)25(31-11-16)32-12-17-3-6-23(37-17)15-2-5-22-18(8-15)24(30)35-13-34-22/h1-9,11,13H,10,12H2,(H,31,32)(H,33,36)(H2,30,34,35). The number of nitrogens with one attached hydrogen (secondary N) is 2. The molecule has 7 nitrogen and oxygen atoms in total. The summed E-state index contributed by atoms with van der Waals surface area (Å²) in [4.78, 5) is 27.6. The summed E-state index contributed by atoms with van der Waals surface area (Å²) < 4.78 is 27.3. The molecule has 0 atom stereocenters.